The maximum absolute atomic E-state index is 12.5. The van der Waals surface area contributed by atoms with Crippen molar-refractivity contribution < 1.29 is 4.79 Å². The summed E-state index contributed by atoms with van der Waals surface area (Å²) in [5.74, 6) is 0.0790. The number of amides is 1. The highest BCUT2D eigenvalue weighted by atomic mass is 32.1. The number of nitrogens with one attached hydrogen (secondary N) is 1. The largest absolute Gasteiger partial charge is 0.348 e. The van der Waals surface area contributed by atoms with E-state index in [1.165, 1.54) is 15.8 Å². The quantitative estimate of drug-likeness (QED) is 0.745. The van der Waals surface area contributed by atoms with E-state index in [1.807, 2.05) is 30.1 Å². The summed E-state index contributed by atoms with van der Waals surface area (Å²) in [5, 5.41) is 4.27. The highest BCUT2D eigenvalue weighted by molar-refractivity contribution is 7.18. The number of para-hydroxylation sites is 1. The molecule has 3 aromatic rings. The molecular formula is C21H23N3OS. The van der Waals surface area contributed by atoms with Crippen LogP contribution in [0.2, 0.25) is 0 Å². The molecule has 2 aromatic carbocycles. The molecule has 0 fully saturated rings. The van der Waals surface area contributed by atoms with Crippen molar-refractivity contribution in [1.29, 1.82) is 0 Å². The molecule has 1 N–H and O–H groups in total. The summed E-state index contributed by atoms with van der Waals surface area (Å²) >= 11 is 1.69. The van der Waals surface area contributed by atoms with Crippen LogP contribution in [0, 0.1) is 0 Å². The predicted molar refractivity (Wildman–Crippen MR) is 106 cm³/mol. The van der Waals surface area contributed by atoms with Crippen LogP contribution in [0.15, 0.2) is 48.5 Å². The van der Waals surface area contributed by atoms with Gasteiger partial charge in [-0.05, 0) is 49.6 Å². The lowest BCUT2D eigenvalue weighted by atomic mass is 9.88. The lowest BCUT2D eigenvalue weighted by Crippen LogP contribution is -2.38. The van der Waals surface area contributed by atoms with Gasteiger partial charge in [-0.15, -0.1) is 11.3 Å². The fourth-order valence-corrected chi connectivity index (χ4v) is 4.71. The van der Waals surface area contributed by atoms with E-state index in [0.717, 1.165) is 29.8 Å². The Hall–Kier alpha value is -2.24. The monoisotopic (exact) mass is 365 g/mol. The minimum absolute atomic E-state index is 0.0790. The van der Waals surface area contributed by atoms with Gasteiger partial charge in [-0.25, -0.2) is 4.98 Å². The number of hydrogen-bond acceptors (Lipinski definition) is 4. The van der Waals surface area contributed by atoms with Gasteiger partial charge in [0.05, 0.1) is 29.3 Å². The fraction of sp³-hybridized carbons (Fsp3) is 0.333. The number of hydrogen-bond donors (Lipinski definition) is 1. The Morgan fingerprint density at radius 3 is 2.92 bits per heavy atom. The summed E-state index contributed by atoms with van der Waals surface area (Å²) in [4.78, 5) is 19.2. The average Bonchev–Trinajstić information content (AvgIpc) is 3.04. The van der Waals surface area contributed by atoms with E-state index in [1.54, 1.807) is 11.3 Å². The SMILES string of the molecule is CN(CC(=O)NC1CCCc2ccccc21)Cc1nc2ccccc2s1. The first-order valence-electron chi connectivity index (χ1n) is 9.09. The number of aryl methyl sites for hydroxylation is 1. The maximum atomic E-state index is 12.5. The van der Waals surface area contributed by atoms with E-state index in [9.17, 15) is 4.79 Å². The molecule has 26 heavy (non-hydrogen) atoms. The van der Waals surface area contributed by atoms with Gasteiger partial charge in [-0.3, -0.25) is 9.69 Å². The minimum Gasteiger partial charge on any atom is -0.348 e. The van der Waals surface area contributed by atoms with Crippen LogP contribution in [-0.2, 0) is 17.8 Å². The van der Waals surface area contributed by atoms with E-state index in [-0.39, 0.29) is 11.9 Å². The molecule has 134 valence electrons. The Bertz CT molecular complexity index is 887. The molecule has 5 heteroatoms. The van der Waals surface area contributed by atoms with Crippen LogP contribution in [-0.4, -0.2) is 29.4 Å². The molecule has 0 radical (unpaired) electrons. The van der Waals surface area contributed by atoms with E-state index in [0.29, 0.717) is 13.1 Å². The van der Waals surface area contributed by atoms with Gasteiger partial charge in [0.1, 0.15) is 5.01 Å². The van der Waals surface area contributed by atoms with Crippen LogP contribution in [0.1, 0.15) is 35.0 Å². The van der Waals surface area contributed by atoms with Crippen molar-refractivity contribution in [3.8, 4) is 0 Å². The molecule has 1 aliphatic rings. The van der Waals surface area contributed by atoms with Crippen molar-refractivity contribution >= 4 is 27.5 Å². The number of aromatic nitrogens is 1. The second kappa shape index (κ2) is 7.56. The van der Waals surface area contributed by atoms with Crippen LogP contribution >= 0.6 is 11.3 Å². The zero-order valence-electron chi connectivity index (χ0n) is 14.9. The summed E-state index contributed by atoms with van der Waals surface area (Å²) in [6.45, 7) is 1.07. The van der Waals surface area contributed by atoms with E-state index < -0.39 is 0 Å². The molecule has 1 heterocycles. The molecule has 0 bridgehead atoms. The van der Waals surface area contributed by atoms with Gasteiger partial charge in [0.2, 0.25) is 5.91 Å². The standard InChI is InChI=1S/C21H23N3OS/c1-24(14-21-23-18-10-4-5-12-19(18)26-21)13-20(25)22-17-11-6-8-15-7-2-3-9-16(15)17/h2-5,7,9-10,12,17H,6,8,11,13-14H2,1H3,(H,22,25). The van der Waals surface area contributed by atoms with Gasteiger partial charge in [-0.2, -0.15) is 0 Å². The highest BCUT2D eigenvalue weighted by Crippen LogP contribution is 2.29. The first-order valence-corrected chi connectivity index (χ1v) is 9.91. The van der Waals surface area contributed by atoms with Crippen molar-refractivity contribution in [3.63, 3.8) is 0 Å². The Balaban J connectivity index is 1.36. The first kappa shape index (κ1) is 17.2. The summed E-state index contributed by atoms with van der Waals surface area (Å²) in [7, 11) is 1.97. The van der Waals surface area contributed by atoms with Gasteiger partial charge >= 0.3 is 0 Å². The Morgan fingerprint density at radius 2 is 2.04 bits per heavy atom. The number of nitrogens with zero attached hydrogens (tertiary/aromatic N) is 2. The highest BCUT2D eigenvalue weighted by Gasteiger charge is 2.21. The molecule has 0 spiro atoms. The number of likely N-dealkylation sites (N-methyl/N-ethyl adjacent to an activating group) is 1. The van der Waals surface area contributed by atoms with Crippen molar-refractivity contribution in [2.45, 2.75) is 31.8 Å². The van der Waals surface area contributed by atoms with Crippen molar-refractivity contribution in [2.24, 2.45) is 0 Å². The molecule has 1 atom stereocenters. The zero-order valence-corrected chi connectivity index (χ0v) is 15.8. The second-order valence-corrected chi connectivity index (χ2v) is 8.07. The van der Waals surface area contributed by atoms with E-state index >= 15 is 0 Å². The lowest BCUT2D eigenvalue weighted by molar-refractivity contribution is -0.122. The van der Waals surface area contributed by atoms with Crippen molar-refractivity contribution in [2.75, 3.05) is 13.6 Å². The third-order valence-electron chi connectivity index (χ3n) is 4.86. The average molecular weight is 366 g/mol. The van der Waals surface area contributed by atoms with Crippen LogP contribution in [0.4, 0.5) is 0 Å². The molecule has 1 unspecified atom stereocenters. The van der Waals surface area contributed by atoms with Crippen LogP contribution in [0.25, 0.3) is 10.2 Å². The summed E-state index contributed by atoms with van der Waals surface area (Å²) in [5.41, 5.74) is 3.68. The number of carbonyl (C=O) groups is 1. The number of benzene rings is 2. The van der Waals surface area contributed by atoms with Crippen LogP contribution in [0.5, 0.6) is 0 Å². The van der Waals surface area contributed by atoms with E-state index in [2.05, 4.69) is 40.6 Å². The number of carbonyl (C=O) groups excluding carboxylic acids is 1. The third-order valence-corrected chi connectivity index (χ3v) is 5.88. The minimum atomic E-state index is 0.0790. The molecule has 4 nitrogen and oxygen atoms in total. The zero-order chi connectivity index (χ0) is 17.9. The first-order chi connectivity index (χ1) is 12.7. The normalized spacial score (nSPS) is 16.6. The number of thiazole rings is 1. The molecule has 0 aliphatic heterocycles. The molecule has 1 amide bonds. The number of rotatable bonds is 5. The topological polar surface area (TPSA) is 45.2 Å². The second-order valence-electron chi connectivity index (χ2n) is 6.96. The molecule has 1 aromatic heterocycles. The Labute approximate surface area is 157 Å². The maximum Gasteiger partial charge on any atom is 0.234 e. The van der Waals surface area contributed by atoms with Gasteiger partial charge in [-0.1, -0.05) is 36.4 Å². The Kier molecular flexibility index (Phi) is 5.00. The van der Waals surface area contributed by atoms with Crippen LogP contribution in [0.3, 0.4) is 0 Å². The summed E-state index contributed by atoms with van der Waals surface area (Å²) in [6.07, 6.45) is 3.26. The van der Waals surface area contributed by atoms with Gasteiger partial charge in [0.25, 0.3) is 0 Å². The number of fused-ring (bicyclic) bond motifs is 2. The smallest absolute Gasteiger partial charge is 0.234 e. The van der Waals surface area contributed by atoms with Gasteiger partial charge in [0, 0.05) is 0 Å². The van der Waals surface area contributed by atoms with Gasteiger partial charge in [0.15, 0.2) is 0 Å². The summed E-state index contributed by atoms with van der Waals surface area (Å²) in [6, 6.07) is 16.7. The summed E-state index contributed by atoms with van der Waals surface area (Å²) < 4.78 is 1.19. The van der Waals surface area contributed by atoms with E-state index in [4.69, 9.17) is 0 Å². The molecule has 4 rings (SSSR count). The predicted octanol–water partition coefficient (Wildman–Crippen LogP) is 3.92. The molecule has 1 aliphatic carbocycles. The molecular weight excluding hydrogens is 342 g/mol. The molecule has 0 saturated heterocycles. The fourth-order valence-electron chi connectivity index (χ4n) is 3.66. The lowest BCUT2D eigenvalue weighted by Gasteiger charge is -2.27. The van der Waals surface area contributed by atoms with Crippen molar-refractivity contribution in [3.05, 3.63) is 64.7 Å². The molecule has 0 saturated carbocycles. The van der Waals surface area contributed by atoms with Crippen molar-refractivity contribution in [1.82, 2.24) is 15.2 Å². The third kappa shape index (κ3) is 3.79. The van der Waals surface area contributed by atoms with Crippen LogP contribution < -0.4 is 5.32 Å². The van der Waals surface area contributed by atoms with Gasteiger partial charge < -0.3 is 5.32 Å². The Morgan fingerprint density at radius 1 is 1.23 bits per heavy atom.